The minimum atomic E-state index is -3.65. The maximum absolute atomic E-state index is 14.3. The first kappa shape index (κ1) is 35.6. The number of hydrogen-bond donors (Lipinski definition) is 2. The van der Waals surface area contributed by atoms with Gasteiger partial charge >= 0.3 is 6.03 Å². The molecule has 2 aromatic rings. The van der Waals surface area contributed by atoms with E-state index < -0.39 is 40.2 Å². The van der Waals surface area contributed by atoms with Crippen molar-refractivity contribution in [2.24, 2.45) is 28.0 Å². The summed E-state index contributed by atoms with van der Waals surface area (Å²) in [5.74, 6) is -0.782. The molecule has 2 aromatic carbocycles. The zero-order chi connectivity index (χ0) is 34.7. The molecule has 0 radical (unpaired) electrons. The highest BCUT2D eigenvalue weighted by atomic mass is 35.5. The van der Waals surface area contributed by atoms with Gasteiger partial charge in [-0.05, 0) is 104 Å². The van der Waals surface area contributed by atoms with Gasteiger partial charge in [0.25, 0.3) is 5.91 Å². The summed E-state index contributed by atoms with van der Waals surface area (Å²) < 4.78 is 59.3. The van der Waals surface area contributed by atoms with E-state index in [9.17, 15) is 22.6 Å². The number of urea groups is 1. The van der Waals surface area contributed by atoms with Gasteiger partial charge in [0.05, 0.1) is 24.2 Å². The molecule has 2 saturated carbocycles. The van der Waals surface area contributed by atoms with E-state index in [0.29, 0.717) is 42.8 Å². The number of rotatable bonds is 4. The van der Waals surface area contributed by atoms with E-state index in [2.05, 4.69) is 31.4 Å². The Morgan fingerprint density at radius 2 is 2.00 bits per heavy atom. The van der Waals surface area contributed by atoms with Crippen LogP contribution >= 0.6 is 11.6 Å². The monoisotopic (exact) mass is 718 g/mol. The first-order chi connectivity index (χ1) is 23.5. The quantitative estimate of drug-likeness (QED) is 0.325. The minimum Gasteiger partial charge on any atom is -0.491 e. The third-order valence-corrected chi connectivity index (χ3v) is 12.4. The van der Waals surface area contributed by atoms with Crippen molar-refractivity contribution in [2.45, 2.75) is 77.0 Å². The van der Waals surface area contributed by atoms with Crippen molar-refractivity contribution in [3.05, 3.63) is 70.3 Å². The Hall–Kier alpha value is -3.22. The summed E-state index contributed by atoms with van der Waals surface area (Å²) in [5, 5.41) is 3.16. The molecule has 2 bridgehead atoms. The molecular weight excluding hydrogens is 674 g/mol. The molecule has 0 spiro atoms. The number of hydrogen-bond acceptors (Lipinski definition) is 6. The Bertz CT molecular complexity index is 1700. The topological polar surface area (TPSA) is 109 Å². The molecule has 2 fully saturated rings. The number of anilines is 1. The molecule has 9 nitrogen and oxygen atoms in total. The smallest absolute Gasteiger partial charge is 0.327 e. The lowest BCUT2D eigenvalue weighted by Gasteiger charge is -2.43. The lowest BCUT2D eigenvalue weighted by molar-refractivity contribution is 0.0133. The number of nitrogens with zero attached hydrogens (tertiary/aromatic N) is 2. The van der Waals surface area contributed by atoms with Crippen molar-refractivity contribution >= 4 is 39.1 Å². The van der Waals surface area contributed by atoms with Gasteiger partial charge in [0.15, 0.2) is 0 Å². The highest BCUT2D eigenvalue weighted by Crippen LogP contribution is 2.42. The molecule has 4 aliphatic rings. The van der Waals surface area contributed by atoms with E-state index in [0.717, 1.165) is 43.4 Å². The summed E-state index contributed by atoms with van der Waals surface area (Å²) in [6.45, 7) is 3.62. The van der Waals surface area contributed by atoms with E-state index in [4.69, 9.17) is 21.1 Å². The number of allylic oxidation sites excluding steroid dienone is 1. The zero-order valence-electron chi connectivity index (χ0n) is 27.9. The van der Waals surface area contributed by atoms with Crippen LogP contribution in [-0.4, -0.2) is 60.7 Å². The SMILES string of the molecule is CO[C@H]1/C=C/C[C@H](C)CS(=O)(NC(=O)N[C@@H]2C[C@H]2C(F)F)=NC(=O)c2ccc3c(c2)N(Cc2ccc(Cl)cc2CCCCO3)C[C@@H]2CC[C@H]21. The highest BCUT2D eigenvalue weighted by Gasteiger charge is 2.45. The zero-order valence-corrected chi connectivity index (χ0v) is 29.5. The van der Waals surface area contributed by atoms with E-state index in [1.54, 1.807) is 25.3 Å². The van der Waals surface area contributed by atoms with Crippen LogP contribution in [0.15, 0.2) is 52.9 Å². The van der Waals surface area contributed by atoms with Crippen LogP contribution in [0, 0.1) is 23.7 Å². The fourth-order valence-electron chi connectivity index (χ4n) is 7.18. The normalized spacial score (nSPS) is 31.1. The Morgan fingerprint density at radius 1 is 1.16 bits per heavy atom. The third kappa shape index (κ3) is 8.75. The summed E-state index contributed by atoms with van der Waals surface area (Å²) >= 11 is 6.43. The van der Waals surface area contributed by atoms with Gasteiger partial charge in [-0.1, -0.05) is 36.7 Å². The molecule has 49 heavy (non-hydrogen) atoms. The number of methoxy groups -OCH3 is 1. The van der Waals surface area contributed by atoms with Gasteiger partial charge in [0.2, 0.25) is 6.43 Å². The van der Waals surface area contributed by atoms with E-state index in [1.807, 2.05) is 25.1 Å². The van der Waals surface area contributed by atoms with Crippen LogP contribution in [0.3, 0.4) is 0 Å². The lowest BCUT2D eigenvalue weighted by atomic mass is 9.70. The Morgan fingerprint density at radius 3 is 2.73 bits per heavy atom. The molecule has 2 aliphatic carbocycles. The Balaban J connectivity index is 1.40. The number of alkyl halides is 2. The van der Waals surface area contributed by atoms with Gasteiger partial charge in [0, 0.05) is 42.7 Å². The number of halogens is 3. The maximum Gasteiger partial charge on any atom is 0.327 e. The summed E-state index contributed by atoms with van der Waals surface area (Å²) in [6.07, 6.45) is 6.72. The van der Waals surface area contributed by atoms with Gasteiger partial charge in [-0.3, -0.25) is 9.52 Å². The lowest BCUT2D eigenvalue weighted by Crippen LogP contribution is -2.43. The van der Waals surface area contributed by atoms with Crippen molar-refractivity contribution in [2.75, 3.05) is 30.9 Å². The van der Waals surface area contributed by atoms with Crippen molar-refractivity contribution in [1.82, 2.24) is 10.0 Å². The Labute approximate surface area is 292 Å². The van der Waals surface area contributed by atoms with Crippen LogP contribution in [0.4, 0.5) is 19.3 Å². The van der Waals surface area contributed by atoms with Gasteiger partial charge in [-0.2, -0.15) is 0 Å². The molecule has 13 heteroatoms. The van der Waals surface area contributed by atoms with Crippen molar-refractivity contribution in [3.8, 4) is 5.75 Å². The summed E-state index contributed by atoms with van der Waals surface area (Å²) in [6, 6.07) is 9.50. The highest BCUT2D eigenvalue weighted by molar-refractivity contribution is 7.92. The molecule has 2 aliphatic heterocycles. The van der Waals surface area contributed by atoms with Crippen molar-refractivity contribution in [1.29, 1.82) is 0 Å². The maximum atomic E-state index is 14.3. The summed E-state index contributed by atoms with van der Waals surface area (Å²) in [4.78, 5) is 29.0. The molecule has 0 aromatic heterocycles. The van der Waals surface area contributed by atoms with Crippen LogP contribution in [0.5, 0.6) is 5.75 Å². The first-order valence-corrected chi connectivity index (χ1v) is 19.2. The van der Waals surface area contributed by atoms with E-state index in [1.165, 1.54) is 5.56 Å². The number of fused-ring (bicyclic) bond motifs is 3. The number of carbonyl (C=O) groups is 2. The Kier molecular flexibility index (Phi) is 11.2. The first-order valence-electron chi connectivity index (χ1n) is 17.2. The summed E-state index contributed by atoms with van der Waals surface area (Å²) in [5.41, 5.74) is 3.25. The number of benzene rings is 2. The predicted octanol–water partition coefficient (Wildman–Crippen LogP) is 7.17. The average Bonchev–Trinajstić information content (AvgIpc) is 3.81. The average molecular weight is 719 g/mol. The third-order valence-electron chi connectivity index (χ3n) is 10.1. The van der Waals surface area contributed by atoms with Crippen LogP contribution < -0.4 is 19.7 Å². The van der Waals surface area contributed by atoms with Crippen LogP contribution in [0.2, 0.25) is 5.02 Å². The van der Waals surface area contributed by atoms with Gasteiger partial charge in [-0.15, -0.1) is 4.36 Å². The van der Waals surface area contributed by atoms with Gasteiger partial charge in [-0.25, -0.2) is 17.8 Å². The molecule has 0 saturated heterocycles. The molecule has 6 rings (SSSR count). The number of carbonyl (C=O) groups excluding carboxylic acids is 2. The van der Waals surface area contributed by atoms with Crippen molar-refractivity contribution < 1.29 is 32.1 Å². The van der Waals surface area contributed by atoms with Gasteiger partial charge < -0.3 is 19.7 Å². The van der Waals surface area contributed by atoms with Crippen LogP contribution in [0.25, 0.3) is 0 Å². The molecular formula is C36H45ClF2N4O5S. The number of ether oxygens (including phenoxy) is 2. The van der Waals surface area contributed by atoms with Crippen molar-refractivity contribution in [3.63, 3.8) is 0 Å². The second kappa shape index (κ2) is 15.3. The van der Waals surface area contributed by atoms with Crippen LogP contribution in [0.1, 0.15) is 66.9 Å². The molecule has 7 atom stereocenters. The standard InChI is InChI=1S/C36H45ClF2N4O5S/c1-22-6-5-8-32(47-2)28-13-10-26(28)20-43-19-25-9-12-27(37)16-23(25)7-3-4-15-48-33-14-11-24(17-31(33)43)35(44)41-49(46,21-22)42-36(45)40-30-18-29(30)34(38)39/h5,8-9,11-12,14,16-17,22,26,28-30,32,34H,3-4,6-7,10,13,15,18-21H2,1-2H3,(H2,40,41,42,44,45,46)/b8-5+/t22-,26-,28+,29+,30+,32-,49?/m0/s1. The second-order valence-corrected chi connectivity index (χ2v) is 16.3. The molecule has 3 amide bonds. The molecule has 1 unspecified atom stereocenters. The number of nitrogens with one attached hydrogen (secondary N) is 2. The minimum absolute atomic E-state index is 0.108. The predicted molar refractivity (Wildman–Crippen MR) is 187 cm³/mol. The fraction of sp³-hybridized carbons (Fsp3) is 0.556. The number of aryl methyl sites for hydroxylation is 1. The second-order valence-electron chi connectivity index (χ2n) is 13.9. The van der Waals surface area contributed by atoms with Crippen LogP contribution in [-0.2, 0) is 27.6 Å². The molecule has 2 N–H and O–H groups in total. The molecule has 266 valence electrons. The van der Waals surface area contributed by atoms with Gasteiger partial charge in [0.1, 0.15) is 15.7 Å². The number of amides is 3. The van der Waals surface area contributed by atoms with E-state index >= 15 is 0 Å². The van der Waals surface area contributed by atoms with E-state index in [-0.39, 0.29) is 35.7 Å². The molecule has 2 heterocycles. The fourth-order valence-corrected chi connectivity index (χ4v) is 9.20. The largest absolute Gasteiger partial charge is 0.491 e. The summed E-state index contributed by atoms with van der Waals surface area (Å²) in [7, 11) is -1.94.